The molecule has 1 fully saturated rings. The number of nitrogens with one attached hydrogen (secondary N) is 1. The summed E-state index contributed by atoms with van der Waals surface area (Å²) in [6.07, 6.45) is -0.420. The average Bonchev–Trinajstić information content (AvgIpc) is 3.51. The van der Waals surface area contributed by atoms with Gasteiger partial charge in [-0.1, -0.05) is 78.9 Å². The molecule has 0 spiro atoms. The lowest BCUT2D eigenvalue weighted by atomic mass is 9.95. The molecule has 1 aliphatic heterocycles. The number of likely N-dealkylation sites (N-methyl/N-ethyl adjacent to an activating group) is 1. The minimum absolute atomic E-state index is 0.0966. The average molecular weight is 556 g/mol. The quantitative estimate of drug-likeness (QED) is 0.370. The molecule has 0 saturated carbocycles. The first-order valence-electron chi connectivity index (χ1n) is 14.2. The van der Waals surface area contributed by atoms with Crippen molar-refractivity contribution in [2.75, 3.05) is 26.2 Å². The van der Waals surface area contributed by atoms with Crippen LogP contribution in [0, 0.1) is 0 Å². The zero-order valence-corrected chi connectivity index (χ0v) is 23.6. The number of benzene rings is 3. The van der Waals surface area contributed by atoms with Gasteiger partial charge in [-0.2, -0.15) is 0 Å². The fourth-order valence-electron chi connectivity index (χ4n) is 6.32. The van der Waals surface area contributed by atoms with Gasteiger partial charge in [0.2, 0.25) is 5.91 Å². The number of hydrogen-bond donors (Lipinski definition) is 2. The van der Waals surface area contributed by atoms with Crippen LogP contribution in [-0.2, 0) is 20.9 Å². The van der Waals surface area contributed by atoms with Crippen LogP contribution in [0.4, 0.5) is 4.79 Å². The third-order valence-corrected chi connectivity index (χ3v) is 8.30. The van der Waals surface area contributed by atoms with Crippen molar-refractivity contribution in [1.82, 2.24) is 15.1 Å². The van der Waals surface area contributed by atoms with Crippen LogP contribution in [-0.4, -0.2) is 70.7 Å². The number of carbonyl (C=O) groups excluding carboxylic acids is 2. The number of nitrogens with zero attached hydrogens (tertiary/aromatic N) is 2. The Kier molecular flexibility index (Phi) is 8.40. The number of amides is 2. The Hall–Kier alpha value is -4.17. The van der Waals surface area contributed by atoms with Crippen LogP contribution in [0.5, 0.6) is 0 Å². The predicted octanol–water partition coefficient (Wildman–Crippen LogP) is 4.88. The first-order chi connectivity index (χ1) is 19.8. The van der Waals surface area contributed by atoms with Gasteiger partial charge in [0.1, 0.15) is 12.1 Å². The molecule has 0 bridgehead atoms. The van der Waals surface area contributed by atoms with Gasteiger partial charge < -0.3 is 20.1 Å². The van der Waals surface area contributed by atoms with Crippen LogP contribution in [0.15, 0.2) is 78.9 Å². The van der Waals surface area contributed by atoms with Crippen molar-refractivity contribution in [2.24, 2.45) is 0 Å². The Balaban J connectivity index is 1.34. The van der Waals surface area contributed by atoms with Gasteiger partial charge in [0, 0.05) is 38.1 Å². The molecule has 8 heteroatoms. The molecular weight excluding hydrogens is 518 g/mol. The van der Waals surface area contributed by atoms with Crippen LogP contribution < -0.4 is 5.32 Å². The summed E-state index contributed by atoms with van der Waals surface area (Å²) in [5.41, 5.74) is 4.40. The number of alkyl carbamates (subject to hydrolysis) is 1. The number of ether oxygens (including phenoxy) is 1. The fraction of sp³-hybridized carbons (Fsp3) is 0.364. The van der Waals surface area contributed by atoms with Crippen LogP contribution >= 0.6 is 0 Å². The SMILES string of the molecule is CCN(C(=O)C1(NC(=O)OCC2c3ccccc3-c3ccccc32)CCN(Cc2ccccc2)C1)C(C)CC(=O)O. The molecule has 3 aromatic carbocycles. The highest BCUT2D eigenvalue weighted by Crippen LogP contribution is 2.44. The van der Waals surface area contributed by atoms with Gasteiger partial charge >= 0.3 is 12.1 Å². The van der Waals surface area contributed by atoms with E-state index < -0.39 is 23.6 Å². The van der Waals surface area contributed by atoms with E-state index in [9.17, 15) is 19.5 Å². The van der Waals surface area contributed by atoms with Gasteiger partial charge in [-0.15, -0.1) is 0 Å². The molecule has 2 amide bonds. The van der Waals surface area contributed by atoms with Crippen molar-refractivity contribution in [2.45, 2.75) is 50.7 Å². The highest BCUT2D eigenvalue weighted by molar-refractivity contribution is 5.91. The summed E-state index contributed by atoms with van der Waals surface area (Å²) in [4.78, 5) is 42.6. The third-order valence-electron chi connectivity index (χ3n) is 8.30. The standard InChI is InChI=1S/C33H37N3O5/c1-3-36(23(2)19-30(37)38)31(39)33(17-18-35(22-33)20-24-11-5-4-6-12-24)34-32(40)41-21-29-27-15-9-7-13-25(27)26-14-8-10-16-28(26)29/h4-16,23,29H,3,17-22H2,1-2H3,(H,34,40)(H,37,38). The second-order valence-corrected chi connectivity index (χ2v) is 11.0. The summed E-state index contributed by atoms with van der Waals surface area (Å²) in [7, 11) is 0. The zero-order valence-electron chi connectivity index (χ0n) is 23.6. The maximum absolute atomic E-state index is 14.1. The van der Waals surface area contributed by atoms with Crippen molar-refractivity contribution in [3.8, 4) is 11.1 Å². The number of aliphatic carboxylic acids is 1. The highest BCUT2D eigenvalue weighted by atomic mass is 16.5. The van der Waals surface area contributed by atoms with E-state index in [1.165, 1.54) is 0 Å². The third kappa shape index (κ3) is 5.98. The number of rotatable bonds is 10. The van der Waals surface area contributed by atoms with Gasteiger partial charge in [-0.05, 0) is 48.1 Å². The summed E-state index contributed by atoms with van der Waals surface area (Å²) in [5.74, 6) is -1.35. The highest BCUT2D eigenvalue weighted by Gasteiger charge is 2.49. The maximum atomic E-state index is 14.1. The van der Waals surface area contributed by atoms with E-state index in [0.29, 0.717) is 32.6 Å². The molecule has 2 atom stereocenters. The second-order valence-electron chi connectivity index (χ2n) is 11.0. The van der Waals surface area contributed by atoms with Gasteiger partial charge in [-0.25, -0.2) is 4.79 Å². The van der Waals surface area contributed by atoms with Gasteiger partial charge in [0.05, 0.1) is 6.42 Å². The topological polar surface area (TPSA) is 99.2 Å². The molecular formula is C33H37N3O5. The molecule has 3 aromatic rings. The normalized spacial score (nSPS) is 18.8. The number of carboxylic acid groups (broad SMARTS) is 1. The summed E-state index contributed by atoms with van der Waals surface area (Å²) in [5, 5.41) is 12.3. The van der Waals surface area contributed by atoms with Crippen molar-refractivity contribution in [3.05, 3.63) is 95.6 Å². The van der Waals surface area contributed by atoms with Crippen molar-refractivity contribution < 1.29 is 24.2 Å². The molecule has 8 nitrogen and oxygen atoms in total. The number of fused-ring (bicyclic) bond motifs is 3. The minimum Gasteiger partial charge on any atom is -0.481 e. The maximum Gasteiger partial charge on any atom is 0.408 e. The van der Waals surface area contributed by atoms with Crippen molar-refractivity contribution >= 4 is 18.0 Å². The number of likely N-dealkylation sites (tertiary alicyclic amines) is 1. The van der Waals surface area contributed by atoms with Crippen LogP contribution in [0.25, 0.3) is 11.1 Å². The number of hydrogen-bond acceptors (Lipinski definition) is 5. The Labute approximate surface area is 240 Å². The van der Waals surface area contributed by atoms with Crippen molar-refractivity contribution in [1.29, 1.82) is 0 Å². The molecule has 2 aliphatic rings. The van der Waals surface area contributed by atoms with E-state index in [1.54, 1.807) is 11.8 Å². The smallest absolute Gasteiger partial charge is 0.408 e. The van der Waals surface area contributed by atoms with E-state index >= 15 is 0 Å². The monoisotopic (exact) mass is 555 g/mol. The Morgan fingerprint density at radius 2 is 1.61 bits per heavy atom. The molecule has 0 aromatic heterocycles. The van der Waals surface area contributed by atoms with Crippen LogP contribution in [0.1, 0.15) is 49.3 Å². The number of carboxylic acids is 1. The molecule has 214 valence electrons. The van der Waals surface area contributed by atoms with Gasteiger partial charge in [0.15, 0.2) is 0 Å². The Morgan fingerprint density at radius 3 is 2.22 bits per heavy atom. The van der Waals surface area contributed by atoms with E-state index in [1.807, 2.05) is 61.5 Å². The minimum atomic E-state index is -1.22. The Morgan fingerprint density at radius 1 is 1.00 bits per heavy atom. The first-order valence-corrected chi connectivity index (χ1v) is 14.2. The van der Waals surface area contributed by atoms with E-state index in [0.717, 1.165) is 27.8 Å². The summed E-state index contributed by atoms with van der Waals surface area (Å²) in [6, 6.07) is 25.8. The van der Waals surface area contributed by atoms with E-state index in [4.69, 9.17) is 4.74 Å². The lowest BCUT2D eigenvalue weighted by molar-refractivity contribution is -0.143. The van der Waals surface area contributed by atoms with Crippen molar-refractivity contribution in [3.63, 3.8) is 0 Å². The molecule has 5 rings (SSSR count). The molecule has 2 N–H and O–H groups in total. The molecule has 1 aliphatic carbocycles. The first kappa shape index (κ1) is 28.4. The number of carbonyl (C=O) groups is 3. The largest absolute Gasteiger partial charge is 0.481 e. The van der Waals surface area contributed by atoms with Crippen LogP contribution in [0.3, 0.4) is 0 Å². The lowest BCUT2D eigenvalue weighted by Gasteiger charge is -2.37. The Bertz CT molecular complexity index is 1370. The van der Waals surface area contributed by atoms with Crippen LogP contribution in [0.2, 0.25) is 0 Å². The molecule has 0 radical (unpaired) electrons. The van der Waals surface area contributed by atoms with Gasteiger partial charge in [0.25, 0.3) is 0 Å². The summed E-state index contributed by atoms with van der Waals surface area (Å²) < 4.78 is 5.84. The second kappa shape index (κ2) is 12.1. The van der Waals surface area contributed by atoms with E-state index in [2.05, 4.69) is 34.5 Å². The van der Waals surface area contributed by atoms with Gasteiger partial charge in [-0.3, -0.25) is 14.5 Å². The molecule has 41 heavy (non-hydrogen) atoms. The summed E-state index contributed by atoms with van der Waals surface area (Å²) >= 11 is 0. The predicted molar refractivity (Wildman–Crippen MR) is 156 cm³/mol. The molecule has 1 heterocycles. The summed E-state index contributed by atoms with van der Waals surface area (Å²) in [6.45, 7) is 5.58. The zero-order chi connectivity index (χ0) is 29.0. The fourth-order valence-corrected chi connectivity index (χ4v) is 6.32. The lowest BCUT2D eigenvalue weighted by Crippen LogP contribution is -2.62. The van der Waals surface area contributed by atoms with E-state index in [-0.39, 0.29) is 24.9 Å². The molecule has 2 unspecified atom stereocenters. The molecule has 1 saturated heterocycles.